The van der Waals surface area contributed by atoms with Crippen LogP contribution in [0, 0.1) is 5.82 Å². The molecule has 0 radical (unpaired) electrons. The highest BCUT2D eigenvalue weighted by Crippen LogP contribution is 2.38. The molecule has 4 nitrogen and oxygen atoms in total. The molecule has 1 N–H and O–H groups in total. The van der Waals surface area contributed by atoms with E-state index in [2.05, 4.69) is 0 Å². The number of benzene rings is 2. The van der Waals surface area contributed by atoms with Crippen molar-refractivity contribution in [2.75, 3.05) is 0 Å². The molecule has 2 aliphatic heterocycles. The molecule has 0 aromatic heterocycles. The van der Waals surface area contributed by atoms with Crippen LogP contribution in [0.1, 0.15) is 51.3 Å². The lowest BCUT2D eigenvalue weighted by molar-refractivity contribution is 0.00578. The fourth-order valence-electron chi connectivity index (χ4n) is 3.67. The Balaban J connectivity index is 1.51. The molecule has 2 aromatic carbocycles. The van der Waals surface area contributed by atoms with Crippen molar-refractivity contribution in [3.8, 4) is 5.75 Å². The van der Waals surface area contributed by atoms with Gasteiger partial charge in [-0.2, -0.15) is 0 Å². The smallest absolute Gasteiger partial charge is 0.490 e. The fraction of sp³-hybridized carbons (Fsp3) is 0.455. The maximum atomic E-state index is 13.1. The summed E-state index contributed by atoms with van der Waals surface area (Å²) in [5.74, 6) is 0.417. The highest BCUT2D eigenvalue weighted by atomic mass is 19.1. The zero-order valence-corrected chi connectivity index (χ0v) is 16.7. The SMILES string of the molecule is CC1(C)OB(c2ccc3c(c2)[C@@H](O)C[C@@H](Cc2ccc(F)cc2)O3)OC1(C)C. The van der Waals surface area contributed by atoms with Crippen LogP contribution in [0.4, 0.5) is 4.39 Å². The summed E-state index contributed by atoms with van der Waals surface area (Å²) in [6.07, 6.45) is 0.319. The Hall–Kier alpha value is -1.89. The summed E-state index contributed by atoms with van der Waals surface area (Å²) in [5, 5.41) is 10.7. The van der Waals surface area contributed by atoms with Crippen LogP contribution in [-0.2, 0) is 15.7 Å². The lowest BCUT2D eigenvalue weighted by atomic mass is 9.77. The summed E-state index contributed by atoms with van der Waals surface area (Å²) in [4.78, 5) is 0. The summed E-state index contributed by atoms with van der Waals surface area (Å²) < 4.78 is 31.4. The van der Waals surface area contributed by atoms with E-state index in [4.69, 9.17) is 14.0 Å². The second-order valence-corrected chi connectivity index (χ2v) is 8.71. The molecule has 2 heterocycles. The number of fused-ring (bicyclic) bond motifs is 1. The second-order valence-electron chi connectivity index (χ2n) is 8.71. The lowest BCUT2D eigenvalue weighted by Gasteiger charge is -2.32. The van der Waals surface area contributed by atoms with E-state index in [0.717, 1.165) is 16.6 Å². The van der Waals surface area contributed by atoms with Crippen LogP contribution in [0.15, 0.2) is 42.5 Å². The minimum absolute atomic E-state index is 0.157. The Morgan fingerprint density at radius 1 is 1.04 bits per heavy atom. The van der Waals surface area contributed by atoms with Gasteiger partial charge in [0.05, 0.1) is 17.3 Å². The van der Waals surface area contributed by atoms with Gasteiger partial charge in [0.1, 0.15) is 17.7 Å². The van der Waals surface area contributed by atoms with Gasteiger partial charge in [0.25, 0.3) is 0 Å². The molecule has 0 saturated carbocycles. The van der Waals surface area contributed by atoms with Gasteiger partial charge in [-0.1, -0.05) is 24.3 Å². The highest BCUT2D eigenvalue weighted by molar-refractivity contribution is 6.62. The molecule has 148 valence electrons. The minimum atomic E-state index is -0.628. The number of ether oxygens (including phenoxy) is 1. The Morgan fingerprint density at radius 3 is 2.32 bits per heavy atom. The standard InChI is InChI=1S/C22H26BFO4/c1-21(2)22(3,4)28-23(27-21)15-7-10-20-18(12-15)19(25)13-17(26-20)11-14-5-8-16(24)9-6-14/h5-10,12,17,19,25H,11,13H2,1-4H3/t17-,19+/m1/s1. The molecule has 0 aliphatic carbocycles. The molecule has 1 saturated heterocycles. The third-order valence-corrected chi connectivity index (χ3v) is 6.07. The van der Waals surface area contributed by atoms with Gasteiger partial charge in [-0.3, -0.25) is 0 Å². The molecule has 0 spiro atoms. The highest BCUT2D eigenvalue weighted by Gasteiger charge is 2.51. The van der Waals surface area contributed by atoms with Crippen LogP contribution in [0.2, 0.25) is 0 Å². The maximum Gasteiger partial charge on any atom is 0.494 e. The van der Waals surface area contributed by atoms with Gasteiger partial charge in [-0.05, 0) is 56.9 Å². The van der Waals surface area contributed by atoms with E-state index >= 15 is 0 Å². The van der Waals surface area contributed by atoms with Gasteiger partial charge in [-0.25, -0.2) is 4.39 Å². The average molecular weight is 384 g/mol. The lowest BCUT2D eigenvalue weighted by Crippen LogP contribution is -2.41. The number of rotatable bonds is 3. The predicted octanol–water partition coefficient (Wildman–Crippen LogP) is 3.55. The molecule has 4 rings (SSSR count). The third-order valence-electron chi connectivity index (χ3n) is 6.07. The number of aliphatic hydroxyl groups excluding tert-OH is 1. The molecule has 1 fully saturated rings. The second kappa shape index (κ2) is 6.87. The Labute approximate surface area is 165 Å². The topological polar surface area (TPSA) is 47.9 Å². The van der Waals surface area contributed by atoms with E-state index in [-0.39, 0.29) is 11.9 Å². The summed E-state index contributed by atoms with van der Waals surface area (Å²) in [6.45, 7) is 8.07. The van der Waals surface area contributed by atoms with Gasteiger partial charge in [0, 0.05) is 18.4 Å². The first kappa shape index (κ1) is 19.4. The van der Waals surface area contributed by atoms with E-state index < -0.39 is 24.4 Å². The van der Waals surface area contributed by atoms with Crippen LogP contribution < -0.4 is 10.2 Å². The van der Waals surface area contributed by atoms with E-state index in [0.29, 0.717) is 18.6 Å². The summed E-state index contributed by atoms with van der Waals surface area (Å²) in [5.41, 5.74) is 1.78. The largest absolute Gasteiger partial charge is 0.494 e. The first-order valence-electron chi connectivity index (χ1n) is 9.73. The van der Waals surface area contributed by atoms with E-state index in [9.17, 15) is 9.50 Å². The van der Waals surface area contributed by atoms with Crippen molar-refractivity contribution in [2.45, 2.75) is 63.9 Å². The van der Waals surface area contributed by atoms with Crippen LogP contribution in [0.5, 0.6) is 5.75 Å². The number of halogens is 1. The molecule has 0 bridgehead atoms. The maximum absolute atomic E-state index is 13.1. The van der Waals surface area contributed by atoms with Crippen LogP contribution in [-0.4, -0.2) is 29.5 Å². The third kappa shape index (κ3) is 3.57. The average Bonchev–Trinajstić information content (AvgIpc) is 2.84. The molecular formula is C22H26BFO4. The number of hydrogen-bond acceptors (Lipinski definition) is 4. The number of hydrogen-bond donors (Lipinski definition) is 1. The van der Waals surface area contributed by atoms with Crippen molar-refractivity contribution >= 4 is 12.6 Å². The molecule has 2 aliphatic rings. The molecule has 2 atom stereocenters. The molecule has 28 heavy (non-hydrogen) atoms. The van der Waals surface area contributed by atoms with Crippen molar-refractivity contribution in [2.24, 2.45) is 0 Å². The first-order valence-corrected chi connectivity index (χ1v) is 9.73. The summed E-state index contributed by atoms with van der Waals surface area (Å²) in [6, 6.07) is 12.1. The van der Waals surface area contributed by atoms with E-state index in [1.165, 1.54) is 12.1 Å². The van der Waals surface area contributed by atoms with Crippen molar-refractivity contribution in [3.63, 3.8) is 0 Å². The van der Waals surface area contributed by atoms with Gasteiger partial charge >= 0.3 is 7.12 Å². The zero-order chi connectivity index (χ0) is 20.1. The molecule has 0 amide bonds. The fourth-order valence-corrected chi connectivity index (χ4v) is 3.67. The predicted molar refractivity (Wildman–Crippen MR) is 106 cm³/mol. The van der Waals surface area contributed by atoms with Gasteiger partial charge in [0.2, 0.25) is 0 Å². The minimum Gasteiger partial charge on any atom is -0.490 e. The van der Waals surface area contributed by atoms with Gasteiger partial charge < -0.3 is 19.2 Å². The summed E-state index contributed by atoms with van der Waals surface area (Å²) in [7, 11) is -0.473. The van der Waals surface area contributed by atoms with Crippen LogP contribution in [0.25, 0.3) is 0 Å². The Bertz CT molecular complexity index is 849. The summed E-state index contributed by atoms with van der Waals surface area (Å²) >= 11 is 0. The quantitative estimate of drug-likeness (QED) is 0.823. The van der Waals surface area contributed by atoms with Crippen molar-refractivity contribution in [1.29, 1.82) is 0 Å². The van der Waals surface area contributed by atoms with Gasteiger partial charge in [0.15, 0.2) is 0 Å². The van der Waals surface area contributed by atoms with Crippen molar-refractivity contribution < 1.29 is 23.5 Å². The Morgan fingerprint density at radius 2 is 1.68 bits per heavy atom. The molecule has 2 aromatic rings. The van der Waals surface area contributed by atoms with Crippen molar-refractivity contribution in [1.82, 2.24) is 0 Å². The van der Waals surface area contributed by atoms with Crippen LogP contribution in [0.3, 0.4) is 0 Å². The molecular weight excluding hydrogens is 358 g/mol. The van der Waals surface area contributed by atoms with Crippen molar-refractivity contribution in [3.05, 3.63) is 59.4 Å². The monoisotopic (exact) mass is 384 g/mol. The molecule has 6 heteroatoms. The molecule has 0 unspecified atom stereocenters. The zero-order valence-electron chi connectivity index (χ0n) is 16.7. The van der Waals surface area contributed by atoms with E-state index in [1.807, 2.05) is 45.9 Å². The van der Waals surface area contributed by atoms with Gasteiger partial charge in [-0.15, -0.1) is 0 Å². The Kier molecular flexibility index (Phi) is 4.77. The first-order chi connectivity index (χ1) is 13.1. The number of aliphatic hydroxyl groups is 1. The van der Waals surface area contributed by atoms with Crippen LogP contribution >= 0.6 is 0 Å². The van der Waals surface area contributed by atoms with E-state index in [1.54, 1.807) is 12.1 Å². The normalized spacial score (nSPS) is 25.3.